The van der Waals surface area contributed by atoms with Crippen molar-refractivity contribution in [2.24, 2.45) is 0 Å². The molecule has 1 amide bonds. The smallest absolute Gasteiger partial charge is 0.336 e. The van der Waals surface area contributed by atoms with Crippen LogP contribution in [0.1, 0.15) is 56.1 Å². The van der Waals surface area contributed by atoms with Crippen molar-refractivity contribution in [2.75, 3.05) is 7.11 Å². The van der Waals surface area contributed by atoms with Crippen LogP contribution in [-0.4, -0.2) is 28.7 Å². The van der Waals surface area contributed by atoms with Gasteiger partial charge in [-0.2, -0.15) is 0 Å². The number of methoxy groups -OCH3 is 1. The fourth-order valence-corrected chi connectivity index (χ4v) is 5.20. The Morgan fingerprint density at radius 1 is 0.976 bits per heavy atom. The van der Waals surface area contributed by atoms with Gasteiger partial charge in [0.25, 0.3) is 5.91 Å². The minimum atomic E-state index is -0.953. The van der Waals surface area contributed by atoms with Crippen molar-refractivity contribution in [2.45, 2.75) is 33.4 Å². The van der Waals surface area contributed by atoms with E-state index in [1.54, 1.807) is 24.3 Å². The van der Waals surface area contributed by atoms with E-state index < -0.39 is 17.8 Å². The van der Waals surface area contributed by atoms with Gasteiger partial charge in [0.2, 0.25) is 0 Å². The molecular formula is C34H31FN2O4. The Kier molecular flexibility index (Phi) is 7.62. The molecule has 7 heteroatoms. The molecule has 0 radical (unpaired) electrons. The second-order valence-electron chi connectivity index (χ2n) is 10.2. The van der Waals surface area contributed by atoms with Crippen LogP contribution < -0.4 is 10.1 Å². The van der Waals surface area contributed by atoms with Gasteiger partial charge in [-0.05, 0) is 85.0 Å². The van der Waals surface area contributed by atoms with Gasteiger partial charge in [-0.25, -0.2) is 9.18 Å². The Hall–Kier alpha value is -4.91. The molecule has 208 valence electrons. The largest absolute Gasteiger partial charge is 0.497 e. The Labute approximate surface area is 238 Å². The van der Waals surface area contributed by atoms with E-state index in [4.69, 9.17) is 4.74 Å². The van der Waals surface area contributed by atoms with Crippen molar-refractivity contribution < 1.29 is 23.8 Å². The number of aromatic carboxylic acids is 1. The van der Waals surface area contributed by atoms with E-state index in [0.29, 0.717) is 29.0 Å². The molecule has 1 aromatic heterocycles. The average molecular weight is 551 g/mol. The molecule has 0 fully saturated rings. The average Bonchev–Trinajstić information content (AvgIpc) is 3.21. The van der Waals surface area contributed by atoms with Crippen LogP contribution in [0.5, 0.6) is 5.75 Å². The van der Waals surface area contributed by atoms with Crippen molar-refractivity contribution in [3.63, 3.8) is 0 Å². The fourth-order valence-electron chi connectivity index (χ4n) is 5.20. The lowest BCUT2D eigenvalue weighted by molar-refractivity contribution is 0.0697. The number of benzene rings is 4. The highest BCUT2D eigenvalue weighted by Crippen LogP contribution is 2.29. The number of aromatic nitrogens is 1. The number of carboxylic acid groups (broad SMARTS) is 1. The molecule has 1 atom stereocenters. The molecule has 1 unspecified atom stereocenters. The van der Waals surface area contributed by atoms with Gasteiger partial charge in [-0.3, -0.25) is 4.79 Å². The van der Waals surface area contributed by atoms with Crippen LogP contribution in [0.15, 0.2) is 84.9 Å². The molecule has 0 spiro atoms. The van der Waals surface area contributed by atoms with E-state index in [1.165, 1.54) is 19.2 Å². The maximum Gasteiger partial charge on any atom is 0.336 e. The summed E-state index contributed by atoms with van der Waals surface area (Å²) in [6.07, 6.45) is 0. The molecular weight excluding hydrogens is 519 g/mol. The summed E-state index contributed by atoms with van der Waals surface area (Å²) in [5.74, 6) is -1.22. The van der Waals surface area contributed by atoms with Gasteiger partial charge in [0.1, 0.15) is 11.6 Å². The normalized spacial score (nSPS) is 11.8. The predicted octanol–water partition coefficient (Wildman–Crippen LogP) is 7.31. The van der Waals surface area contributed by atoms with Crippen LogP contribution in [0.4, 0.5) is 4.39 Å². The summed E-state index contributed by atoms with van der Waals surface area (Å²) in [4.78, 5) is 24.8. The molecule has 0 bridgehead atoms. The van der Waals surface area contributed by atoms with E-state index in [9.17, 15) is 19.1 Å². The summed E-state index contributed by atoms with van der Waals surface area (Å²) in [7, 11) is 1.48. The minimum absolute atomic E-state index is 0.246. The van der Waals surface area contributed by atoms with Gasteiger partial charge in [0.05, 0.1) is 18.7 Å². The maximum atomic E-state index is 14.0. The molecule has 0 saturated heterocycles. The number of amides is 1. The zero-order valence-corrected chi connectivity index (χ0v) is 23.4. The van der Waals surface area contributed by atoms with E-state index in [0.717, 1.165) is 33.3 Å². The van der Waals surface area contributed by atoms with E-state index in [1.807, 2.05) is 62.4 Å². The molecule has 5 rings (SSSR count). The third-order valence-corrected chi connectivity index (χ3v) is 7.64. The van der Waals surface area contributed by atoms with Crippen LogP contribution in [0.25, 0.3) is 22.0 Å². The van der Waals surface area contributed by atoms with E-state index in [-0.39, 0.29) is 11.5 Å². The number of nitrogens with one attached hydrogen (secondary N) is 1. The molecule has 1 heterocycles. The third-order valence-electron chi connectivity index (χ3n) is 7.64. The first-order valence-corrected chi connectivity index (χ1v) is 13.3. The van der Waals surface area contributed by atoms with Gasteiger partial charge < -0.3 is 19.7 Å². The lowest BCUT2D eigenvalue weighted by Crippen LogP contribution is -2.26. The van der Waals surface area contributed by atoms with Gasteiger partial charge in [-0.1, -0.05) is 42.5 Å². The highest BCUT2D eigenvalue weighted by atomic mass is 19.1. The number of ether oxygens (including phenoxy) is 1. The monoisotopic (exact) mass is 550 g/mol. The zero-order valence-electron chi connectivity index (χ0n) is 23.4. The number of fused-ring (bicyclic) bond motifs is 1. The SMILES string of the molecule is COc1cc(F)cc(C(C)NC(=O)c2ccc3c(c2)c(C)c(C)n3Cc2ccc(-c3ccccc3C(=O)O)cc2)c1. The van der Waals surface area contributed by atoms with Crippen molar-refractivity contribution >= 4 is 22.8 Å². The van der Waals surface area contributed by atoms with Crippen LogP contribution in [-0.2, 0) is 6.54 Å². The van der Waals surface area contributed by atoms with Crippen LogP contribution in [0.2, 0.25) is 0 Å². The van der Waals surface area contributed by atoms with Crippen LogP contribution in [0, 0.1) is 19.7 Å². The van der Waals surface area contributed by atoms with Crippen LogP contribution >= 0.6 is 0 Å². The Morgan fingerprint density at radius 3 is 2.41 bits per heavy atom. The van der Waals surface area contributed by atoms with Crippen molar-refractivity contribution in [1.29, 1.82) is 0 Å². The Morgan fingerprint density at radius 2 is 1.71 bits per heavy atom. The number of hydrogen-bond donors (Lipinski definition) is 2. The van der Waals surface area contributed by atoms with Gasteiger partial charge in [0, 0.05) is 34.8 Å². The maximum absolute atomic E-state index is 14.0. The summed E-state index contributed by atoms with van der Waals surface area (Å²) < 4.78 is 21.3. The van der Waals surface area contributed by atoms with Gasteiger partial charge >= 0.3 is 5.97 Å². The van der Waals surface area contributed by atoms with Crippen molar-refractivity contribution in [1.82, 2.24) is 9.88 Å². The number of aryl methyl sites for hydroxylation is 1. The minimum Gasteiger partial charge on any atom is -0.497 e. The molecule has 6 nitrogen and oxygen atoms in total. The fraction of sp³-hybridized carbons (Fsp3) is 0.176. The predicted molar refractivity (Wildman–Crippen MR) is 158 cm³/mol. The number of hydrogen-bond acceptors (Lipinski definition) is 3. The standard InChI is InChI=1S/C34H31FN2O4/c1-20-22(3)37(19-23-9-11-24(12-10-23)29-7-5-6-8-30(29)34(39)40)32-14-13-25(17-31(20)32)33(38)36-21(2)26-15-27(35)18-28(16-26)41-4/h5-18,21H,19H2,1-4H3,(H,36,38)(H,39,40). The second kappa shape index (κ2) is 11.3. The highest BCUT2D eigenvalue weighted by molar-refractivity contribution is 5.99. The molecule has 0 saturated carbocycles. The van der Waals surface area contributed by atoms with Gasteiger partial charge in [0.15, 0.2) is 0 Å². The topological polar surface area (TPSA) is 80.6 Å². The zero-order chi connectivity index (χ0) is 29.3. The second-order valence-corrected chi connectivity index (χ2v) is 10.2. The number of carboxylic acids is 1. The lowest BCUT2D eigenvalue weighted by atomic mass is 9.99. The number of halogens is 1. The van der Waals surface area contributed by atoms with E-state index >= 15 is 0 Å². The summed E-state index contributed by atoms with van der Waals surface area (Å²) in [6.45, 7) is 6.54. The quantitative estimate of drug-likeness (QED) is 0.212. The highest BCUT2D eigenvalue weighted by Gasteiger charge is 2.17. The first-order valence-electron chi connectivity index (χ1n) is 13.3. The Balaban J connectivity index is 1.38. The van der Waals surface area contributed by atoms with Crippen LogP contribution in [0.3, 0.4) is 0 Å². The molecule has 2 N–H and O–H groups in total. The lowest BCUT2D eigenvalue weighted by Gasteiger charge is -2.16. The van der Waals surface area contributed by atoms with Gasteiger partial charge in [-0.15, -0.1) is 0 Å². The molecule has 4 aromatic carbocycles. The third kappa shape index (κ3) is 5.57. The summed E-state index contributed by atoms with van der Waals surface area (Å²) in [5, 5.41) is 13.5. The summed E-state index contributed by atoms with van der Waals surface area (Å²) >= 11 is 0. The van der Waals surface area contributed by atoms with Crippen molar-refractivity contribution in [3.05, 3.63) is 124 Å². The first kappa shape index (κ1) is 27.6. The van der Waals surface area contributed by atoms with Crippen molar-refractivity contribution in [3.8, 4) is 16.9 Å². The molecule has 0 aliphatic carbocycles. The molecule has 5 aromatic rings. The number of carbonyl (C=O) groups is 2. The van der Waals surface area contributed by atoms with E-state index in [2.05, 4.69) is 16.8 Å². The molecule has 0 aliphatic heterocycles. The molecule has 0 aliphatic rings. The number of carbonyl (C=O) groups excluding carboxylic acids is 1. The number of nitrogens with zero attached hydrogens (tertiary/aromatic N) is 1. The first-order chi connectivity index (χ1) is 19.7. The number of rotatable bonds is 8. The summed E-state index contributed by atoms with van der Waals surface area (Å²) in [6, 6.07) is 24.5. The Bertz CT molecular complexity index is 1770. The summed E-state index contributed by atoms with van der Waals surface area (Å²) in [5.41, 5.74) is 7.21. The molecule has 41 heavy (non-hydrogen) atoms.